The van der Waals surface area contributed by atoms with Crippen LogP contribution in [0.1, 0.15) is 28.8 Å². The van der Waals surface area contributed by atoms with Crippen molar-refractivity contribution in [3.05, 3.63) is 65.5 Å². The van der Waals surface area contributed by atoms with Crippen LogP contribution < -0.4 is 4.74 Å². The molecule has 4 nitrogen and oxygen atoms in total. The van der Waals surface area contributed by atoms with Gasteiger partial charge in [-0.3, -0.25) is 9.69 Å². The summed E-state index contributed by atoms with van der Waals surface area (Å²) < 4.78 is 18.8. The van der Waals surface area contributed by atoms with Crippen molar-refractivity contribution in [2.45, 2.75) is 25.4 Å². The first-order valence-electron chi connectivity index (χ1n) is 9.54. The first-order valence-corrected chi connectivity index (χ1v) is 9.54. The second-order valence-corrected chi connectivity index (χ2v) is 7.61. The lowest BCUT2D eigenvalue weighted by Gasteiger charge is -2.36. The van der Waals surface area contributed by atoms with E-state index in [1.54, 1.807) is 19.2 Å². The number of fused-ring (bicyclic) bond motifs is 4. The number of hydrogen-bond donors (Lipinski definition) is 0. The molecule has 0 spiro atoms. The number of halogens is 1. The Balaban J connectivity index is 1.47. The van der Waals surface area contributed by atoms with E-state index in [9.17, 15) is 9.18 Å². The molecule has 5 heteroatoms. The van der Waals surface area contributed by atoms with Crippen molar-refractivity contribution >= 4 is 5.91 Å². The molecule has 0 radical (unpaired) electrons. The molecule has 3 heterocycles. The van der Waals surface area contributed by atoms with Crippen LogP contribution in [-0.4, -0.2) is 48.5 Å². The van der Waals surface area contributed by atoms with Gasteiger partial charge in [-0.25, -0.2) is 4.39 Å². The van der Waals surface area contributed by atoms with E-state index >= 15 is 0 Å². The van der Waals surface area contributed by atoms with Gasteiger partial charge < -0.3 is 9.64 Å². The van der Waals surface area contributed by atoms with Crippen LogP contribution in [0.15, 0.2) is 48.5 Å². The minimum Gasteiger partial charge on any atom is -0.497 e. The van der Waals surface area contributed by atoms with Gasteiger partial charge in [-0.1, -0.05) is 18.2 Å². The third kappa shape index (κ3) is 3.98. The molecule has 3 aliphatic rings. The number of rotatable bonds is 4. The van der Waals surface area contributed by atoms with E-state index in [2.05, 4.69) is 17.0 Å². The second kappa shape index (κ2) is 7.69. The number of nitrogens with zero attached hydrogens (tertiary/aromatic N) is 2. The van der Waals surface area contributed by atoms with Crippen molar-refractivity contribution in [1.29, 1.82) is 0 Å². The standard InChI is InChI=1S/C22H25FN2O2/c1-27-21-9-6-16(7-10-21)12-24-13-17-5-8-20(15-24)25(14-17)22(26)18-3-2-4-19(23)11-18/h2-4,6-7,9-11,17,20H,5,8,12-15H2,1H3/t17-,20+/m1/s1. The summed E-state index contributed by atoms with van der Waals surface area (Å²) in [5.74, 6) is 0.929. The van der Waals surface area contributed by atoms with Gasteiger partial charge in [0, 0.05) is 37.8 Å². The lowest BCUT2D eigenvalue weighted by Crippen LogP contribution is -2.47. The molecule has 1 amide bonds. The number of piperidine rings is 1. The summed E-state index contributed by atoms with van der Waals surface area (Å²) in [5.41, 5.74) is 1.70. The Hall–Kier alpha value is -2.40. The van der Waals surface area contributed by atoms with Crippen LogP contribution >= 0.6 is 0 Å². The average molecular weight is 368 g/mol. The van der Waals surface area contributed by atoms with Crippen molar-refractivity contribution in [2.24, 2.45) is 5.92 Å². The van der Waals surface area contributed by atoms with Crippen LogP contribution in [0.25, 0.3) is 0 Å². The number of hydrogen-bond acceptors (Lipinski definition) is 3. The van der Waals surface area contributed by atoms with Crippen molar-refractivity contribution in [3.63, 3.8) is 0 Å². The van der Waals surface area contributed by atoms with Crippen molar-refractivity contribution in [1.82, 2.24) is 9.80 Å². The third-order valence-electron chi connectivity index (χ3n) is 5.69. The number of amides is 1. The Morgan fingerprint density at radius 3 is 2.67 bits per heavy atom. The Morgan fingerprint density at radius 2 is 1.93 bits per heavy atom. The van der Waals surface area contributed by atoms with Crippen molar-refractivity contribution in [3.8, 4) is 5.75 Å². The largest absolute Gasteiger partial charge is 0.497 e. The summed E-state index contributed by atoms with van der Waals surface area (Å²) >= 11 is 0. The molecular weight excluding hydrogens is 343 g/mol. The molecule has 5 rings (SSSR count). The number of ether oxygens (including phenoxy) is 1. The van der Waals surface area contributed by atoms with Gasteiger partial charge in [0.1, 0.15) is 11.6 Å². The summed E-state index contributed by atoms with van der Waals surface area (Å²) in [6.07, 6.45) is 2.17. The maximum atomic E-state index is 13.5. The topological polar surface area (TPSA) is 32.8 Å². The van der Waals surface area contributed by atoms with Crippen LogP contribution in [0.3, 0.4) is 0 Å². The molecular formula is C22H25FN2O2. The molecule has 0 unspecified atom stereocenters. The quantitative estimate of drug-likeness (QED) is 0.827. The minimum atomic E-state index is -0.359. The molecule has 2 bridgehead atoms. The zero-order valence-electron chi connectivity index (χ0n) is 15.6. The van der Waals surface area contributed by atoms with Crippen LogP contribution in [0, 0.1) is 11.7 Å². The highest BCUT2D eigenvalue weighted by Crippen LogP contribution is 2.30. The van der Waals surface area contributed by atoms with E-state index in [4.69, 9.17) is 4.74 Å². The predicted molar refractivity (Wildman–Crippen MR) is 102 cm³/mol. The number of benzene rings is 2. The van der Waals surface area contributed by atoms with Gasteiger partial charge in [-0.2, -0.15) is 0 Å². The zero-order valence-corrected chi connectivity index (χ0v) is 15.6. The van der Waals surface area contributed by atoms with E-state index in [0.717, 1.165) is 44.8 Å². The normalized spacial score (nSPS) is 22.5. The van der Waals surface area contributed by atoms with Crippen LogP contribution in [-0.2, 0) is 6.54 Å². The van der Waals surface area contributed by atoms with Crippen molar-refractivity contribution < 1.29 is 13.9 Å². The lowest BCUT2D eigenvalue weighted by molar-refractivity contribution is 0.0584. The van der Waals surface area contributed by atoms with E-state index in [1.807, 2.05) is 17.0 Å². The van der Waals surface area contributed by atoms with Crippen LogP contribution in [0.4, 0.5) is 4.39 Å². The monoisotopic (exact) mass is 368 g/mol. The molecule has 2 atom stereocenters. The summed E-state index contributed by atoms with van der Waals surface area (Å²) in [6.45, 7) is 3.50. The molecule has 0 saturated carbocycles. The van der Waals surface area contributed by atoms with Gasteiger partial charge in [0.15, 0.2) is 0 Å². The van der Waals surface area contributed by atoms with Gasteiger partial charge in [0.05, 0.1) is 7.11 Å². The predicted octanol–water partition coefficient (Wildman–Crippen LogP) is 3.57. The summed E-state index contributed by atoms with van der Waals surface area (Å²) in [6, 6.07) is 14.4. The van der Waals surface area contributed by atoms with Gasteiger partial charge in [-0.05, 0) is 54.7 Å². The Bertz CT molecular complexity index is 808. The van der Waals surface area contributed by atoms with E-state index in [0.29, 0.717) is 11.5 Å². The molecule has 3 fully saturated rings. The van der Waals surface area contributed by atoms with Gasteiger partial charge in [0.2, 0.25) is 0 Å². The summed E-state index contributed by atoms with van der Waals surface area (Å²) in [4.78, 5) is 17.4. The molecule has 0 aliphatic carbocycles. The third-order valence-corrected chi connectivity index (χ3v) is 5.69. The van der Waals surface area contributed by atoms with E-state index in [-0.39, 0.29) is 17.8 Å². The Morgan fingerprint density at radius 1 is 1.11 bits per heavy atom. The SMILES string of the molecule is COc1ccc(CN2C[C@H]3CC[C@@H](C2)N(C(=O)c2cccc(F)c2)C3)cc1. The van der Waals surface area contributed by atoms with Gasteiger partial charge >= 0.3 is 0 Å². The molecule has 27 heavy (non-hydrogen) atoms. The first kappa shape index (κ1) is 18.0. The first-order chi connectivity index (χ1) is 13.1. The molecule has 142 valence electrons. The van der Waals surface area contributed by atoms with E-state index in [1.165, 1.54) is 17.7 Å². The number of carbonyl (C=O) groups is 1. The number of carbonyl (C=O) groups excluding carboxylic acids is 1. The fourth-order valence-corrected chi connectivity index (χ4v) is 4.33. The number of methoxy groups -OCH3 is 1. The molecule has 3 saturated heterocycles. The summed E-state index contributed by atoms with van der Waals surface area (Å²) in [7, 11) is 1.67. The Labute approximate surface area is 159 Å². The lowest BCUT2D eigenvalue weighted by atomic mass is 9.94. The minimum absolute atomic E-state index is 0.0458. The fourth-order valence-electron chi connectivity index (χ4n) is 4.33. The van der Waals surface area contributed by atoms with Crippen LogP contribution in [0.5, 0.6) is 5.75 Å². The maximum absolute atomic E-state index is 13.5. The van der Waals surface area contributed by atoms with Gasteiger partial charge in [0.25, 0.3) is 5.91 Å². The highest BCUT2D eigenvalue weighted by Gasteiger charge is 2.37. The molecule has 2 aromatic rings. The molecule has 0 aromatic heterocycles. The molecule has 2 aromatic carbocycles. The highest BCUT2D eigenvalue weighted by atomic mass is 19.1. The Kier molecular flexibility index (Phi) is 5.12. The second-order valence-electron chi connectivity index (χ2n) is 7.61. The zero-order chi connectivity index (χ0) is 18.8. The average Bonchev–Trinajstić information content (AvgIpc) is 2.98. The summed E-state index contributed by atoms with van der Waals surface area (Å²) in [5, 5.41) is 0. The highest BCUT2D eigenvalue weighted by molar-refractivity contribution is 5.94. The maximum Gasteiger partial charge on any atom is 0.254 e. The molecule has 0 N–H and O–H groups in total. The van der Waals surface area contributed by atoms with Crippen LogP contribution in [0.2, 0.25) is 0 Å². The van der Waals surface area contributed by atoms with Crippen molar-refractivity contribution in [2.75, 3.05) is 26.7 Å². The van der Waals surface area contributed by atoms with E-state index < -0.39 is 0 Å². The smallest absolute Gasteiger partial charge is 0.254 e. The van der Waals surface area contributed by atoms with Gasteiger partial charge in [-0.15, -0.1) is 0 Å². The fraction of sp³-hybridized carbons (Fsp3) is 0.409. The molecule has 3 aliphatic heterocycles.